The quantitative estimate of drug-likeness (QED) is 0.375. The summed E-state index contributed by atoms with van der Waals surface area (Å²) in [5.74, 6) is 0. The van der Waals surface area contributed by atoms with E-state index in [9.17, 15) is 13.3 Å². The molecule has 134 valence electrons. The Labute approximate surface area is 161 Å². The number of ether oxygens (including phenoxy) is 1. The van der Waals surface area contributed by atoms with Gasteiger partial charge in [0.2, 0.25) is 0 Å². The Hall–Kier alpha value is -0.760. The smallest absolute Gasteiger partial charge is 0.376 e. The Balaban J connectivity index is 1.90. The van der Waals surface area contributed by atoms with E-state index in [1.54, 1.807) is 0 Å². The highest BCUT2D eigenvalue weighted by atomic mass is 79.9. The fourth-order valence-electron chi connectivity index (χ4n) is 2.06. The van der Waals surface area contributed by atoms with Gasteiger partial charge >= 0.3 is 14.4 Å². The topological polar surface area (TPSA) is 55.8 Å². The van der Waals surface area contributed by atoms with Gasteiger partial charge in [-0.15, -0.1) is 4.89 Å². The third-order valence-electron chi connectivity index (χ3n) is 3.26. The highest BCUT2D eigenvalue weighted by molar-refractivity contribution is 9.10. The number of benzene rings is 2. The van der Waals surface area contributed by atoms with Crippen molar-refractivity contribution in [1.82, 2.24) is 0 Å². The average molecular weight is 499 g/mol. The molecular formula is C16H14Br2F2O4P+. The van der Waals surface area contributed by atoms with Gasteiger partial charge in [-0.3, -0.25) is 0 Å². The maximum Gasteiger partial charge on any atom is 0.701 e. The third kappa shape index (κ3) is 6.47. The second kappa shape index (κ2) is 9.26. The lowest BCUT2D eigenvalue weighted by Crippen LogP contribution is -2.15. The van der Waals surface area contributed by atoms with Crippen LogP contribution in [-0.2, 0) is 33.0 Å². The van der Waals surface area contributed by atoms with Gasteiger partial charge in [0.15, 0.2) is 0 Å². The van der Waals surface area contributed by atoms with Crippen LogP contribution in [0, 0.1) is 0 Å². The minimum absolute atomic E-state index is 0.0726. The van der Waals surface area contributed by atoms with E-state index in [-0.39, 0.29) is 11.1 Å². The average Bonchev–Trinajstić information content (AvgIpc) is 2.52. The van der Waals surface area contributed by atoms with E-state index in [1.807, 2.05) is 24.3 Å². The summed E-state index contributed by atoms with van der Waals surface area (Å²) in [5.41, 5.74) is 1.30. The van der Waals surface area contributed by atoms with Gasteiger partial charge in [0.1, 0.15) is 0 Å². The first-order valence-corrected chi connectivity index (χ1v) is 9.84. The fourth-order valence-corrected chi connectivity index (χ4v) is 3.28. The van der Waals surface area contributed by atoms with Crippen molar-refractivity contribution in [2.75, 3.05) is 6.61 Å². The second-order valence-corrected chi connectivity index (χ2v) is 7.52. The maximum absolute atomic E-state index is 13.7. The number of hydrogen-bond acceptors (Lipinski definition) is 3. The van der Waals surface area contributed by atoms with Crippen LogP contribution >= 0.6 is 40.1 Å². The van der Waals surface area contributed by atoms with Crippen LogP contribution in [0.1, 0.15) is 16.7 Å². The van der Waals surface area contributed by atoms with E-state index in [4.69, 9.17) is 9.63 Å². The van der Waals surface area contributed by atoms with Crippen LogP contribution < -0.4 is 0 Å². The van der Waals surface area contributed by atoms with Gasteiger partial charge in [-0.05, 0) is 46.3 Å². The first-order chi connectivity index (χ1) is 11.8. The van der Waals surface area contributed by atoms with Gasteiger partial charge in [-0.1, -0.05) is 50.1 Å². The molecule has 0 bridgehead atoms. The zero-order chi connectivity index (χ0) is 18.4. The van der Waals surface area contributed by atoms with E-state index < -0.39 is 19.9 Å². The fraction of sp³-hybridized carbons (Fsp3) is 0.250. The van der Waals surface area contributed by atoms with Gasteiger partial charge in [-0.25, -0.2) is 0 Å². The molecule has 0 radical (unpaired) electrons. The molecule has 0 fully saturated rings. The maximum atomic E-state index is 13.7. The summed E-state index contributed by atoms with van der Waals surface area (Å²) in [7, 11) is -3.42. The molecule has 0 amide bonds. The minimum Gasteiger partial charge on any atom is -0.376 e. The molecule has 0 aromatic heterocycles. The lowest BCUT2D eigenvalue weighted by molar-refractivity contribution is -0.186. The van der Waals surface area contributed by atoms with Crippen LogP contribution in [0.5, 0.6) is 0 Å². The molecule has 9 heteroatoms. The van der Waals surface area contributed by atoms with Crippen LogP contribution in [0.4, 0.5) is 8.78 Å². The Morgan fingerprint density at radius 1 is 1.08 bits per heavy atom. The van der Waals surface area contributed by atoms with Crippen molar-refractivity contribution in [2.45, 2.75) is 19.1 Å². The summed E-state index contributed by atoms with van der Waals surface area (Å²) >= 11 is 6.40. The summed E-state index contributed by atoms with van der Waals surface area (Å²) in [6.07, 6.45) is -3.12. The molecule has 1 N–H and O–H groups in total. The van der Waals surface area contributed by atoms with Crippen LogP contribution in [0.25, 0.3) is 0 Å². The van der Waals surface area contributed by atoms with E-state index in [2.05, 4.69) is 36.4 Å². The predicted molar refractivity (Wildman–Crippen MR) is 96.4 cm³/mol. The molecule has 2 aromatic rings. The van der Waals surface area contributed by atoms with Gasteiger partial charge in [0.25, 0.3) is 0 Å². The number of hydrogen-bond donors (Lipinski definition) is 1. The van der Waals surface area contributed by atoms with Crippen molar-refractivity contribution in [1.29, 1.82) is 0 Å². The molecule has 0 saturated heterocycles. The van der Waals surface area contributed by atoms with Crippen LogP contribution in [-0.4, -0.2) is 11.5 Å². The summed E-state index contributed by atoms with van der Waals surface area (Å²) in [4.78, 5) is 8.52. The van der Waals surface area contributed by atoms with Gasteiger partial charge in [0, 0.05) is 13.5 Å². The normalized spacial score (nSPS) is 12.3. The monoisotopic (exact) mass is 497 g/mol. The lowest BCUT2D eigenvalue weighted by Gasteiger charge is -2.12. The minimum atomic E-state index is -3.86. The molecule has 0 aliphatic rings. The highest BCUT2D eigenvalue weighted by Crippen LogP contribution is 2.40. The van der Waals surface area contributed by atoms with Crippen molar-refractivity contribution in [3.05, 3.63) is 68.1 Å². The van der Waals surface area contributed by atoms with E-state index in [0.29, 0.717) is 12.2 Å². The Morgan fingerprint density at radius 3 is 2.32 bits per heavy atom. The number of halogens is 4. The van der Waals surface area contributed by atoms with Gasteiger partial charge in [0.05, 0.1) is 18.8 Å². The SMILES string of the molecule is O=[P+](O)OC(F)(F)c1ccc(COCCc2ccc(Br)cc2)cc1Br. The first-order valence-electron chi connectivity index (χ1n) is 7.12. The standard InChI is InChI=1S/C16H13Br2F2O4P/c17-13-4-1-11(2-5-13)7-8-23-10-12-3-6-14(15(18)9-12)16(19,20)24-25(21)22/h1-6,9H,7-8,10H2/p+1. The van der Waals surface area contributed by atoms with Gasteiger partial charge in [-0.2, -0.15) is 8.78 Å². The zero-order valence-electron chi connectivity index (χ0n) is 12.8. The second-order valence-electron chi connectivity index (χ2n) is 5.09. The number of alkyl halides is 2. The van der Waals surface area contributed by atoms with Crippen molar-refractivity contribution in [3.63, 3.8) is 0 Å². The third-order valence-corrected chi connectivity index (χ3v) is 4.83. The first kappa shape index (κ1) is 20.6. The summed E-state index contributed by atoms with van der Waals surface area (Å²) in [6, 6.07) is 12.0. The van der Waals surface area contributed by atoms with Gasteiger partial charge < -0.3 is 4.74 Å². The van der Waals surface area contributed by atoms with Crippen molar-refractivity contribution in [2.24, 2.45) is 0 Å². The molecule has 1 atom stereocenters. The zero-order valence-corrected chi connectivity index (χ0v) is 16.9. The highest BCUT2D eigenvalue weighted by Gasteiger charge is 2.44. The molecule has 0 heterocycles. The molecule has 4 nitrogen and oxygen atoms in total. The molecular weight excluding hydrogens is 485 g/mol. The molecule has 1 unspecified atom stereocenters. The predicted octanol–water partition coefficient (Wildman–Crippen LogP) is 5.69. The Morgan fingerprint density at radius 2 is 1.72 bits per heavy atom. The van der Waals surface area contributed by atoms with Crippen molar-refractivity contribution < 1.29 is 27.5 Å². The summed E-state index contributed by atoms with van der Waals surface area (Å²) < 4.78 is 48.3. The van der Waals surface area contributed by atoms with Crippen molar-refractivity contribution in [3.8, 4) is 0 Å². The van der Waals surface area contributed by atoms with Crippen LogP contribution in [0.15, 0.2) is 51.4 Å². The van der Waals surface area contributed by atoms with E-state index in [0.717, 1.165) is 22.5 Å². The molecule has 0 spiro atoms. The summed E-state index contributed by atoms with van der Waals surface area (Å²) in [5, 5.41) is 0. The lowest BCUT2D eigenvalue weighted by atomic mass is 10.1. The van der Waals surface area contributed by atoms with Crippen LogP contribution in [0.2, 0.25) is 0 Å². The largest absolute Gasteiger partial charge is 0.701 e. The molecule has 0 aliphatic heterocycles. The Bertz CT molecular complexity index is 741. The molecule has 2 aromatic carbocycles. The van der Waals surface area contributed by atoms with E-state index >= 15 is 0 Å². The number of rotatable bonds is 8. The molecule has 25 heavy (non-hydrogen) atoms. The van der Waals surface area contributed by atoms with E-state index in [1.165, 1.54) is 12.1 Å². The molecule has 0 aliphatic carbocycles. The summed E-state index contributed by atoms with van der Waals surface area (Å²) in [6.45, 7) is 0.751. The Kier molecular flexibility index (Phi) is 7.61. The molecule has 2 rings (SSSR count). The van der Waals surface area contributed by atoms with Crippen LogP contribution in [0.3, 0.4) is 0 Å². The molecule has 0 saturated carbocycles. The van der Waals surface area contributed by atoms with Crippen molar-refractivity contribution >= 4 is 40.1 Å².